The van der Waals surface area contributed by atoms with E-state index in [0.717, 1.165) is 24.1 Å². The number of rotatable bonds is 4. The number of halogens is 1. The molecule has 0 saturated heterocycles. The average Bonchev–Trinajstić information content (AvgIpc) is 2.56. The molecule has 0 fully saturated rings. The number of hydrogen-bond donors (Lipinski definition) is 0. The van der Waals surface area contributed by atoms with Crippen LogP contribution in [0, 0.1) is 5.82 Å². The van der Waals surface area contributed by atoms with Crippen LogP contribution < -0.4 is 4.90 Å². The fourth-order valence-corrected chi connectivity index (χ4v) is 3.96. The number of nitrogens with zero attached hydrogens (tertiary/aromatic N) is 1. The van der Waals surface area contributed by atoms with Crippen molar-refractivity contribution >= 4 is 22.4 Å². The molecule has 2 aromatic rings. The molecule has 0 N–H and O–H groups in total. The van der Waals surface area contributed by atoms with Crippen molar-refractivity contribution < 1.29 is 13.4 Å². The number of hydrogen-bond acceptors (Lipinski definition) is 2. The molecule has 0 aliphatic carbocycles. The van der Waals surface area contributed by atoms with Gasteiger partial charge >= 0.3 is 0 Å². The highest BCUT2D eigenvalue weighted by Gasteiger charge is 2.23. The van der Waals surface area contributed by atoms with Gasteiger partial charge in [-0.1, -0.05) is 36.4 Å². The largest absolute Gasteiger partial charge is 0.311 e. The second-order valence-electron chi connectivity index (χ2n) is 5.60. The zero-order valence-corrected chi connectivity index (χ0v) is 13.5. The number of fused-ring (bicyclic) bond motifs is 1. The van der Waals surface area contributed by atoms with Crippen molar-refractivity contribution in [3.8, 4) is 0 Å². The molecular weight excluding hydrogens is 313 g/mol. The van der Waals surface area contributed by atoms with E-state index in [1.807, 2.05) is 24.3 Å². The van der Waals surface area contributed by atoms with Crippen LogP contribution in [0.1, 0.15) is 17.5 Å². The summed E-state index contributed by atoms with van der Waals surface area (Å²) in [6.45, 7) is 0.646. The Labute approximate surface area is 137 Å². The number of carbonyl (C=O) groups excluding carboxylic acids is 1. The fraction of sp³-hybridized carbons (Fsp3) is 0.278. The van der Waals surface area contributed by atoms with Crippen LogP contribution >= 0.6 is 0 Å². The normalized spacial score (nSPS) is 15.1. The maximum atomic E-state index is 13.6. The molecule has 5 heteroatoms. The lowest BCUT2D eigenvalue weighted by Gasteiger charge is -2.29. The third-order valence-electron chi connectivity index (χ3n) is 3.97. The van der Waals surface area contributed by atoms with Gasteiger partial charge < -0.3 is 4.90 Å². The van der Waals surface area contributed by atoms with E-state index in [0.29, 0.717) is 12.1 Å². The van der Waals surface area contributed by atoms with E-state index in [4.69, 9.17) is 0 Å². The molecule has 1 atom stereocenters. The van der Waals surface area contributed by atoms with Gasteiger partial charge in [0.25, 0.3) is 0 Å². The zero-order valence-electron chi connectivity index (χ0n) is 12.7. The molecule has 0 radical (unpaired) electrons. The lowest BCUT2D eigenvalue weighted by molar-refractivity contribution is -0.116. The Morgan fingerprint density at radius 1 is 1.13 bits per heavy atom. The summed E-state index contributed by atoms with van der Waals surface area (Å²) in [5.41, 5.74) is 2.44. The summed E-state index contributed by atoms with van der Waals surface area (Å²) in [7, 11) is -1.42. The molecule has 2 aromatic carbocycles. The lowest BCUT2D eigenvalue weighted by Crippen LogP contribution is -2.38. The Morgan fingerprint density at radius 3 is 2.70 bits per heavy atom. The second kappa shape index (κ2) is 7.04. The molecule has 1 heterocycles. The quantitative estimate of drug-likeness (QED) is 0.863. The molecular formula is C18H18FNO2S. The van der Waals surface area contributed by atoms with E-state index in [9.17, 15) is 13.4 Å². The predicted octanol–water partition coefficient (Wildman–Crippen LogP) is 3.05. The molecule has 23 heavy (non-hydrogen) atoms. The summed E-state index contributed by atoms with van der Waals surface area (Å²) in [6, 6.07) is 14.1. The summed E-state index contributed by atoms with van der Waals surface area (Å²) in [6.07, 6.45) is 1.86. The van der Waals surface area contributed by atoms with E-state index >= 15 is 0 Å². The molecule has 0 aromatic heterocycles. The Balaban J connectivity index is 1.68. The summed E-state index contributed by atoms with van der Waals surface area (Å²) in [4.78, 5) is 14.2. The van der Waals surface area contributed by atoms with Crippen LogP contribution in [0.5, 0.6) is 0 Å². The van der Waals surface area contributed by atoms with Crippen molar-refractivity contribution in [2.24, 2.45) is 0 Å². The van der Waals surface area contributed by atoms with Crippen molar-refractivity contribution in [3.63, 3.8) is 0 Å². The number of amides is 1. The Kier molecular flexibility index (Phi) is 4.86. The highest BCUT2D eigenvalue weighted by Crippen LogP contribution is 2.26. The van der Waals surface area contributed by atoms with Crippen LogP contribution in [0.3, 0.4) is 0 Å². The maximum Gasteiger partial charge on any atom is 0.239 e. The van der Waals surface area contributed by atoms with E-state index < -0.39 is 10.8 Å². The van der Waals surface area contributed by atoms with Crippen LogP contribution in [-0.2, 0) is 27.8 Å². The van der Waals surface area contributed by atoms with Crippen molar-refractivity contribution in [2.75, 3.05) is 17.2 Å². The van der Waals surface area contributed by atoms with Gasteiger partial charge in [0.2, 0.25) is 5.91 Å². The molecule has 3 rings (SSSR count). The Morgan fingerprint density at radius 2 is 1.87 bits per heavy atom. The predicted molar refractivity (Wildman–Crippen MR) is 90.2 cm³/mol. The molecule has 120 valence electrons. The van der Waals surface area contributed by atoms with Crippen LogP contribution in [-0.4, -0.2) is 22.4 Å². The number of anilines is 1. The lowest BCUT2D eigenvalue weighted by atomic mass is 10.0. The molecule has 3 nitrogen and oxygen atoms in total. The number of para-hydroxylation sites is 1. The minimum atomic E-state index is -1.42. The van der Waals surface area contributed by atoms with Gasteiger partial charge in [0, 0.05) is 28.6 Å². The first-order chi connectivity index (χ1) is 11.1. The first-order valence-electron chi connectivity index (χ1n) is 7.62. The van der Waals surface area contributed by atoms with Crippen LogP contribution in [0.2, 0.25) is 0 Å². The number of carbonyl (C=O) groups is 1. The van der Waals surface area contributed by atoms with E-state index in [-0.39, 0.29) is 23.2 Å². The average molecular weight is 331 g/mol. The minimum absolute atomic E-state index is 0.0634. The van der Waals surface area contributed by atoms with E-state index in [1.165, 1.54) is 6.07 Å². The van der Waals surface area contributed by atoms with Crippen molar-refractivity contribution in [1.29, 1.82) is 0 Å². The van der Waals surface area contributed by atoms with Gasteiger partial charge in [-0.3, -0.25) is 9.00 Å². The van der Waals surface area contributed by atoms with Crippen LogP contribution in [0.25, 0.3) is 0 Å². The smallest absolute Gasteiger partial charge is 0.239 e. The van der Waals surface area contributed by atoms with Crippen LogP contribution in [0.4, 0.5) is 10.1 Å². The van der Waals surface area contributed by atoms with Crippen LogP contribution in [0.15, 0.2) is 48.5 Å². The van der Waals surface area contributed by atoms with E-state index in [1.54, 1.807) is 23.1 Å². The summed E-state index contributed by atoms with van der Waals surface area (Å²) in [5, 5.41) is 0. The molecule has 1 amide bonds. The van der Waals surface area contributed by atoms with Crippen molar-refractivity contribution in [3.05, 3.63) is 65.5 Å². The molecule has 1 unspecified atom stereocenters. The summed E-state index contributed by atoms with van der Waals surface area (Å²) >= 11 is 0. The van der Waals surface area contributed by atoms with E-state index in [2.05, 4.69) is 0 Å². The van der Waals surface area contributed by atoms with Gasteiger partial charge in [-0.2, -0.15) is 0 Å². The topological polar surface area (TPSA) is 37.4 Å². The Hall–Kier alpha value is -2.01. The SMILES string of the molecule is O=C(CS(=O)Cc1ccccc1F)N1CCCc2ccccc21. The Bertz CT molecular complexity index is 747. The third-order valence-corrected chi connectivity index (χ3v) is 5.17. The van der Waals surface area contributed by atoms with Gasteiger partial charge in [-0.15, -0.1) is 0 Å². The number of benzene rings is 2. The van der Waals surface area contributed by atoms with Gasteiger partial charge in [0.15, 0.2) is 0 Å². The molecule has 0 bridgehead atoms. The first kappa shape index (κ1) is 15.9. The highest BCUT2D eigenvalue weighted by atomic mass is 32.2. The first-order valence-corrected chi connectivity index (χ1v) is 9.10. The fourth-order valence-electron chi connectivity index (χ4n) is 2.85. The standard InChI is InChI=1S/C18H18FNO2S/c19-16-9-3-1-7-15(16)12-23(22)13-18(21)20-11-5-8-14-6-2-4-10-17(14)20/h1-4,6-7,9-10H,5,8,11-13H2. The minimum Gasteiger partial charge on any atom is -0.311 e. The molecule has 0 spiro atoms. The third kappa shape index (κ3) is 3.67. The summed E-state index contributed by atoms with van der Waals surface area (Å²) in [5.74, 6) is -0.556. The molecule has 1 aliphatic rings. The molecule has 1 aliphatic heterocycles. The van der Waals surface area contributed by atoms with Gasteiger partial charge in [-0.25, -0.2) is 4.39 Å². The maximum absolute atomic E-state index is 13.6. The molecule has 0 saturated carbocycles. The highest BCUT2D eigenvalue weighted by molar-refractivity contribution is 7.84. The van der Waals surface area contributed by atoms with Gasteiger partial charge in [0.1, 0.15) is 11.6 Å². The van der Waals surface area contributed by atoms with Crippen molar-refractivity contribution in [2.45, 2.75) is 18.6 Å². The van der Waals surface area contributed by atoms with Gasteiger partial charge in [-0.05, 0) is 30.5 Å². The monoisotopic (exact) mass is 331 g/mol. The summed E-state index contributed by atoms with van der Waals surface area (Å²) < 4.78 is 25.8. The zero-order chi connectivity index (χ0) is 16.2. The number of aryl methyl sites for hydroxylation is 1. The van der Waals surface area contributed by atoms with Crippen molar-refractivity contribution in [1.82, 2.24) is 0 Å². The van der Waals surface area contributed by atoms with Gasteiger partial charge in [0.05, 0.1) is 5.75 Å². The second-order valence-corrected chi connectivity index (χ2v) is 7.05.